The predicted molar refractivity (Wildman–Crippen MR) is 110 cm³/mol. The van der Waals surface area contributed by atoms with E-state index in [0.717, 1.165) is 16.1 Å². The van der Waals surface area contributed by atoms with E-state index in [1.54, 1.807) is 22.9 Å². The summed E-state index contributed by atoms with van der Waals surface area (Å²) in [4.78, 5) is 13.6. The fraction of sp³-hybridized carbons (Fsp3) is 0.263. The Hall–Kier alpha value is -2.16. The van der Waals surface area contributed by atoms with Crippen LogP contribution in [0.1, 0.15) is 28.5 Å². The van der Waals surface area contributed by atoms with Crippen molar-refractivity contribution in [2.75, 3.05) is 11.5 Å². The van der Waals surface area contributed by atoms with E-state index in [1.165, 1.54) is 11.3 Å². The molecular formula is C19H18ClN3O3S2. The van der Waals surface area contributed by atoms with Crippen LogP contribution in [0.2, 0.25) is 5.02 Å². The molecule has 4 rings (SSSR count). The molecule has 1 aromatic carbocycles. The van der Waals surface area contributed by atoms with Crippen molar-refractivity contribution in [3.05, 3.63) is 64.1 Å². The molecule has 1 atom stereocenters. The van der Waals surface area contributed by atoms with E-state index in [0.29, 0.717) is 18.0 Å². The molecule has 1 fully saturated rings. The average Bonchev–Trinajstić information content (AvgIpc) is 3.39. The van der Waals surface area contributed by atoms with E-state index in [2.05, 4.69) is 10.4 Å². The SMILES string of the molecule is O=C(NCc1ccc(Cl)cc1)c1cc(-c2cccs2)n(C2CCS(=O)(=O)C2)n1. The molecule has 3 aromatic rings. The summed E-state index contributed by atoms with van der Waals surface area (Å²) in [5.74, 6) is -0.0920. The average molecular weight is 436 g/mol. The van der Waals surface area contributed by atoms with Gasteiger partial charge in [0.15, 0.2) is 15.5 Å². The van der Waals surface area contributed by atoms with Crippen LogP contribution < -0.4 is 5.32 Å². The maximum absolute atomic E-state index is 12.6. The van der Waals surface area contributed by atoms with Gasteiger partial charge < -0.3 is 5.32 Å². The Balaban J connectivity index is 1.58. The van der Waals surface area contributed by atoms with Gasteiger partial charge in [-0.3, -0.25) is 9.48 Å². The molecule has 3 heterocycles. The molecular weight excluding hydrogens is 418 g/mol. The third-order valence-corrected chi connectivity index (χ3v) is 7.56. The molecule has 1 aliphatic rings. The number of aromatic nitrogens is 2. The molecule has 0 spiro atoms. The topological polar surface area (TPSA) is 81.1 Å². The van der Waals surface area contributed by atoms with Crippen LogP contribution in [0.15, 0.2) is 47.8 Å². The summed E-state index contributed by atoms with van der Waals surface area (Å²) in [6.07, 6.45) is 0.508. The van der Waals surface area contributed by atoms with E-state index >= 15 is 0 Å². The smallest absolute Gasteiger partial charge is 0.272 e. The number of sulfone groups is 1. The first kappa shape index (κ1) is 19.2. The molecule has 9 heteroatoms. The van der Waals surface area contributed by atoms with Crippen LogP contribution in [0, 0.1) is 0 Å². The first-order valence-electron chi connectivity index (χ1n) is 8.78. The number of carbonyl (C=O) groups is 1. The van der Waals surface area contributed by atoms with Gasteiger partial charge in [0.2, 0.25) is 0 Å². The Labute approximate surface area is 172 Å². The number of thiophene rings is 1. The van der Waals surface area contributed by atoms with Crippen LogP contribution >= 0.6 is 22.9 Å². The maximum Gasteiger partial charge on any atom is 0.272 e. The first-order valence-corrected chi connectivity index (χ1v) is 11.9. The van der Waals surface area contributed by atoms with Crippen molar-refractivity contribution < 1.29 is 13.2 Å². The van der Waals surface area contributed by atoms with Crippen molar-refractivity contribution in [1.29, 1.82) is 0 Å². The van der Waals surface area contributed by atoms with Crippen LogP contribution in [0.25, 0.3) is 10.6 Å². The minimum atomic E-state index is -3.06. The predicted octanol–water partition coefficient (Wildman–Crippen LogP) is 3.55. The Morgan fingerprint density at radius 3 is 2.71 bits per heavy atom. The van der Waals surface area contributed by atoms with Crippen molar-refractivity contribution in [3.8, 4) is 10.6 Å². The quantitative estimate of drug-likeness (QED) is 0.664. The molecule has 0 radical (unpaired) electrons. The van der Waals surface area contributed by atoms with Gasteiger partial charge in [0.1, 0.15) is 0 Å². The van der Waals surface area contributed by atoms with Gasteiger partial charge in [-0.2, -0.15) is 5.10 Å². The summed E-state index contributed by atoms with van der Waals surface area (Å²) >= 11 is 7.41. The Morgan fingerprint density at radius 1 is 1.29 bits per heavy atom. The number of carbonyl (C=O) groups excluding carboxylic acids is 1. The highest BCUT2D eigenvalue weighted by atomic mass is 35.5. The second-order valence-electron chi connectivity index (χ2n) is 6.70. The Bertz CT molecular complexity index is 1090. The second kappa shape index (κ2) is 7.69. The summed E-state index contributed by atoms with van der Waals surface area (Å²) in [6, 6.07) is 12.6. The zero-order valence-electron chi connectivity index (χ0n) is 14.8. The second-order valence-corrected chi connectivity index (χ2v) is 10.3. The fourth-order valence-corrected chi connectivity index (χ4v) is 5.79. The van der Waals surface area contributed by atoms with Crippen LogP contribution in [-0.4, -0.2) is 35.6 Å². The van der Waals surface area contributed by atoms with Gasteiger partial charge in [0.25, 0.3) is 5.91 Å². The highest BCUT2D eigenvalue weighted by Gasteiger charge is 2.32. The molecule has 1 unspecified atom stereocenters. The molecule has 0 saturated carbocycles. The first-order chi connectivity index (χ1) is 13.4. The molecule has 6 nitrogen and oxygen atoms in total. The van der Waals surface area contributed by atoms with Gasteiger partial charge >= 0.3 is 0 Å². The molecule has 1 N–H and O–H groups in total. The molecule has 2 aromatic heterocycles. The lowest BCUT2D eigenvalue weighted by molar-refractivity contribution is 0.0945. The molecule has 28 heavy (non-hydrogen) atoms. The summed E-state index contributed by atoms with van der Waals surface area (Å²) in [5.41, 5.74) is 1.98. The highest BCUT2D eigenvalue weighted by Crippen LogP contribution is 2.32. The molecule has 1 saturated heterocycles. The third-order valence-electron chi connectivity index (χ3n) is 4.66. The molecule has 1 aliphatic heterocycles. The summed E-state index contributed by atoms with van der Waals surface area (Å²) < 4.78 is 25.5. The van der Waals surface area contributed by atoms with Crippen molar-refractivity contribution in [2.24, 2.45) is 0 Å². The number of hydrogen-bond acceptors (Lipinski definition) is 5. The van der Waals surface area contributed by atoms with Crippen molar-refractivity contribution in [3.63, 3.8) is 0 Å². The van der Waals surface area contributed by atoms with Crippen molar-refractivity contribution in [1.82, 2.24) is 15.1 Å². The molecule has 0 aliphatic carbocycles. The van der Waals surface area contributed by atoms with E-state index in [4.69, 9.17) is 11.6 Å². The summed E-state index contributed by atoms with van der Waals surface area (Å²) in [5, 5.41) is 9.90. The van der Waals surface area contributed by atoms with Gasteiger partial charge in [-0.05, 0) is 41.6 Å². The lowest BCUT2D eigenvalue weighted by Crippen LogP contribution is -2.23. The Kier molecular flexibility index (Phi) is 5.27. The van der Waals surface area contributed by atoms with Crippen molar-refractivity contribution in [2.45, 2.75) is 19.0 Å². The normalized spacial score (nSPS) is 18.2. The molecule has 1 amide bonds. The lowest BCUT2D eigenvalue weighted by atomic mass is 10.2. The zero-order valence-corrected chi connectivity index (χ0v) is 17.2. The Morgan fingerprint density at radius 2 is 2.07 bits per heavy atom. The van der Waals surface area contributed by atoms with Gasteiger partial charge in [-0.1, -0.05) is 29.8 Å². The minimum Gasteiger partial charge on any atom is -0.347 e. The summed E-state index contributed by atoms with van der Waals surface area (Å²) in [7, 11) is -3.06. The van der Waals surface area contributed by atoms with Crippen LogP contribution in [0.4, 0.5) is 0 Å². The van der Waals surface area contributed by atoms with Gasteiger partial charge in [-0.25, -0.2) is 8.42 Å². The summed E-state index contributed by atoms with van der Waals surface area (Å²) in [6.45, 7) is 0.356. The molecule has 0 bridgehead atoms. The number of hydrogen-bond donors (Lipinski definition) is 1. The number of halogens is 1. The maximum atomic E-state index is 12.6. The number of benzene rings is 1. The van der Waals surface area contributed by atoms with E-state index in [-0.39, 0.29) is 29.1 Å². The van der Waals surface area contributed by atoms with Gasteiger partial charge in [0, 0.05) is 11.6 Å². The fourth-order valence-electron chi connectivity index (χ4n) is 3.24. The minimum absolute atomic E-state index is 0.0545. The monoisotopic (exact) mass is 435 g/mol. The lowest BCUT2D eigenvalue weighted by Gasteiger charge is -2.12. The zero-order chi connectivity index (χ0) is 19.7. The van der Waals surface area contributed by atoms with Crippen LogP contribution in [0.5, 0.6) is 0 Å². The van der Waals surface area contributed by atoms with E-state index < -0.39 is 9.84 Å². The van der Waals surface area contributed by atoms with Crippen LogP contribution in [-0.2, 0) is 16.4 Å². The molecule has 146 valence electrons. The number of nitrogens with one attached hydrogen (secondary N) is 1. The van der Waals surface area contributed by atoms with E-state index in [1.807, 2.05) is 29.6 Å². The number of rotatable bonds is 5. The largest absolute Gasteiger partial charge is 0.347 e. The van der Waals surface area contributed by atoms with Crippen molar-refractivity contribution >= 4 is 38.7 Å². The highest BCUT2D eigenvalue weighted by molar-refractivity contribution is 7.91. The number of amides is 1. The van der Waals surface area contributed by atoms with Gasteiger partial charge in [-0.15, -0.1) is 11.3 Å². The number of nitrogens with zero attached hydrogens (tertiary/aromatic N) is 2. The van der Waals surface area contributed by atoms with E-state index in [9.17, 15) is 13.2 Å². The van der Waals surface area contributed by atoms with Gasteiger partial charge in [0.05, 0.1) is 28.1 Å². The standard InChI is InChI=1S/C19H18ClN3O3S2/c20-14-5-3-13(4-6-14)11-21-19(24)16-10-17(18-2-1-8-27-18)23(22-16)15-7-9-28(25,26)12-15/h1-6,8,10,15H,7,9,11-12H2,(H,21,24). The third kappa shape index (κ3) is 4.14. The van der Waals surface area contributed by atoms with Crippen LogP contribution in [0.3, 0.4) is 0 Å².